The van der Waals surface area contributed by atoms with E-state index in [-0.39, 0.29) is 16.2 Å². The van der Waals surface area contributed by atoms with Gasteiger partial charge in [0.25, 0.3) is 5.56 Å². The summed E-state index contributed by atoms with van der Waals surface area (Å²) in [4.78, 5) is 35.1. The van der Waals surface area contributed by atoms with Crippen molar-refractivity contribution in [3.05, 3.63) is 92.5 Å². The number of thiazole rings is 1. The Labute approximate surface area is 171 Å². The standard InChI is InChI=1S/C20H10ClFN4O2S/c21-11-3-6-13(7-4-11)25-17-14(2-1-9-23-17)18(27)26(20(25)28)19-24-15-8-5-12(22)10-16(15)29-19/h1-10H. The molecule has 0 radical (unpaired) electrons. The first-order chi connectivity index (χ1) is 14.0. The fraction of sp³-hybridized carbons (Fsp3) is 0. The molecule has 0 saturated heterocycles. The fourth-order valence-corrected chi connectivity index (χ4v) is 4.22. The second-order valence-electron chi connectivity index (χ2n) is 6.22. The lowest BCUT2D eigenvalue weighted by Gasteiger charge is -2.12. The van der Waals surface area contributed by atoms with E-state index < -0.39 is 17.1 Å². The number of pyridine rings is 1. The van der Waals surface area contributed by atoms with Gasteiger partial charge in [-0.2, -0.15) is 0 Å². The Balaban J connectivity index is 1.90. The Morgan fingerprint density at radius 1 is 1.00 bits per heavy atom. The van der Waals surface area contributed by atoms with Crippen molar-refractivity contribution >= 4 is 44.2 Å². The molecule has 2 aromatic carbocycles. The summed E-state index contributed by atoms with van der Waals surface area (Å²) in [6.45, 7) is 0. The van der Waals surface area contributed by atoms with E-state index in [2.05, 4.69) is 9.97 Å². The first-order valence-corrected chi connectivity index (χ1v) is 9.67. The minimum absolute atomic E-state index is 0.161. The van der Waals surface area contributed by atoms with Gasteiger partial charge in [-0.25, -0.2) is 28.3 Å². The van der Waals surface area contributed by atoms with Crippen LogP contribution in [0.3, 0.4) is 0 Å². The summed E-state index contributed by atoms with van der Waals surface area (Å²) in [7, 11) is 0. The van der Waals surface area contributed by atoms with Gasteiger partial charge in [0.2, 0.25) is 5.13 Å². The second kappa shape index (κ2) is 6.61. The van der Waals surface area contributed by atoms with E-state index in [1.54, 1.807) is 36.4 Å². The van der Waals surface area contributed by atoms with Crippen LogP contribution in [0.25, 0.3) is 32.1 Å². The van der Waals surface area contributed by atoms with Crippen molar-refractivity contribution in [1.29, 1.82) is 0 Å². The molecular weight excluding hydrogens is 415 g/mol. The zero-order chi connectivity index (χ0) is 20.1. The van der Waals surface area contributed by atoms with Gasteiger partial charge in [0.1, 0.15) is 5.82 Å². The lowest BCUT2D eigenvalue weighted by Crippen LogP contribution is -2.38. The molecule has 0 fully saturated rings. The molecule has 9 heteroatoms. The van der Waals surface area contributed by atoms with Crippen LogP contribution >= 0.6 is 22.9 Å². The zero-order valence-corrected chi connectivity index (χ0v) is 16.1. The molecule has 0 spiro atoms. The quantitative estimate of drug-likeness (QED) is 0.430. The summed E-state index contributed by atoms with van der Waals surface area (Å²) < 4.78 is 16.4. The number of nitrogens with zero attached hydrogens (tertiary/aromatic N) is 4. The first kappa shape index (κ1) is 17.7. The van der Waals surface area contributed by atoms with Gasteiger partial charge in [0.15, 0.2) is 5.65 Å². The maximum absolute atomic E-state index is 13.6. The van der Waals surface area contributed by atoms with Gasteiger partial charge in [-0.1, -0.05) is 22.9 Å². The number of halogens is 2. The van der Waals surface area contributed by atoms with Crippen molar-refractivity contribution < 1.29 is 4.39 Å². The number of fused-ring (bicyclic) bond motifs is 2. The Hall–Kier alpha value is -3.36. The molecule has 6 nitrogen and oxygen atoms in total. The van der Waals surface area contributed by atoms with Gasteiger partial charge in [0.05, 0.1) is 21.3 Å². The van der Waals surface area contributed by atoms with Crippen LogP contribution in [0.5, 0.6) is 0 Å². The number of rotatable bonds is 2. The average molecular weight is 425 g/mol. The third-order valence-corrected chi connectivity index (χ3v) is 5.69. The highest BCUT2D eigenvalue weighted by molar-refractivity contribution is 7.20. The summed E-state index contributed by atoms with van der Waals surface area (Å²) in [6.07, 6.45) is 1.51. The van der Waals surface area contributed by atoms with Gasteiger partial charge in [-0.3, -0.25) is 4.79 Å². The van der Waals surface area contributed by atoms with Crippen molar-refractivity contribution in [2.24, 2.45) is 0 Å². The molecule has 142 valence electrons. The second-order valence-corrected chi connectivity index (χ2v) is 7.66. The zero-order valence-electron chi connectivity index (χ0n) is 14.5. The highest BCUT2D eigenvalue weighted by atomic mass is 35.5. The number of hydrogen-bond acceptors (Lipinski definition) is 5. The Bertz CT molecular complexity index is 1520. The topological polar surface area (TPSA) is 69.8 Å². The number of aromatic nitrogens is 4. The molecule has 5 rings (SSSR count). The molecule has 3 heterocycles. The summed E-state index contributed by atoms with van der Waals surface area (Å²) in [6, 6.07) is 14.0. The van der Waals surface area contributed by atoms with Crippen molar-refractivity contribution in [3.63, 3.8) is 0 Å². The van der Waals surface area contributed by atoms with Crippen LogP contribution in [0.4, 0.5) is 4.39 Å². The molecule has 0 atom stereocenters. The van der Waals surface area contributed by atoms with E-state index in [1.807, 2.05) is 0 Å². The summed E-state index contributed by atoms with van der Waals surface area (Å²) in [5.41, 5.74) is 0.0742. The molecule has 0 unspecified atom stereocenters. The molecule has 0 saturated carbocycles. The monoisotopic (exact) mass is 424 g/mol. The predicted octanol–water partition coefficient (Wildman–Crippen LogP) is 3.94. The molecule has 0 bridgehead atoms. The first-order valence-electron chi connectivity index (χ1n) is 8.48. The van der Waals surface area contributed by atoms with Gasteiger partial charge in [-0.15, -0.1) is 0 Å². The highest BCUT2D eigenvalue weighted by Gasteiger charge is 2.19. The SMILES string of the molecule is O=c1c2cccnc2n(-c2ccc(Cl)cc2)c(=O)n1-c1nc2ccc(F)cc2s1. The number of benzene rings is 2. The lowest BCUT2D eigenvalue weighted by atomic mass is 10.3. The van der Waals surface area contributed by atoms with Gasteiger partial charge >= 0.3 is 5.69 Å². The van der Waals surface area contributed by atoms with Crippen LogP contribution in [0.15, 0.2) is 70.4 Å². The molecule has 5 aromatic rings. The molecule has 3 aromatic heterocycles. The minimum atomic E-state index is -0.622. The minimum Gasteiger partial charge on any atom is -0.268 e. The van der Waals surface area contributed by atoms with Crippen molar-refractivity contribution in [2.75, 3.05) is 0 Å². The molecule has 29 heavy (non-hydrogen) atoms. The van der Waals surface area contributed by atoms with Crippen molar-refractivity contribution in [3.8, 4) is 10.8 Å². The van der Waals surface area contributed by atoms with Crippen molar-refractivity contribution in [2.45, 2.75) is 0 Å². The maximum atomic E-state index is 13.6. The fourth-order valence-electron chi connectivity index (χ4n) is 3.11. The van der Waals surface area contributed by atoms with Crippen LogP contribution in [0, 0.1) is 5.82 Å². The van der Waals surface area contributed by atoms with Crippen LogP contribution < -0.4 is 11.2 Å². The Kier molecular flexibility index (Phi) is 4.04. The van der Waals surface area contributed by atoms with E-state index in [0.29, 0.717) is 20.9 Å². The van der Waals surface area contributed by atoms with E-state index in [0.717, 1.165) is 15.9 Å². The third-order valence-electron chi connectivity index (χ3n) is 4.43. The van der Waals surface area contributed by atoms with Crippen LogP contribution in [0.2, 0.25) is 5.02 Å². The normalized spacial score (nSPS) is 11.4. The van der Waals surface area contributed by atoms with Gasteiger partial charge in [-0.05, 0) is 54.6 Å². The van der Waals surface area contributed by atoms with E-state index in [4.69, 9.17) is 11.6 Å². The summed E-state index contributed by atoms with van der Waals surface area (Å²) in [5.74, 6) is -0.415. The van der Waals surface area contributed by atoms with E-state index in [1.165, 1.54) is 29.0 Å². The lowest BCUT2D eigenvalue weighted by molar-refractivity contribution is 0.630. The smallest absolute Gasteiger partial charge is 0.268 e. The largest absolute Gasteiger partial charge is 0.343 e. The number of hydrogen-bond donors (Lipinski definition) is 0. The van der Waals surface area contributed by atoms with Crippen LogP contribution in [-0.4, -0.2) is 19.1 Å². The molecule has 0 aliphatic heterocycles. The molecular formula is C20H10ClFN4O2S. The van der Waals surface area contributed by atoms with Crippen molar-refractivity contribution in [1.82, 2.24) is 19.1 Å². The highest BCUT2D eigenvalue weighted by Crippen LogP contribution is 2.25. The van der Waals surface area contributed by atoms with Crippen LogP contribution in [-0.2, 0) is 0 Å². The molecule has 0 N–H and O–H groups in total. The van der Waals surface area contributed by atoms with E-state index >= 15 is 0 Å². The summed E-state index contributed by atoms with van der Waals surface area (Å²) in [5, 5.41) is 0.933. The summed E-state index contributed by atoms with van der Waals surface area (Å²) >= 11 is 7.04. The molecule has 0 amide bonds. The molecule has 0 aliphatic rings. The Morgan fingerprint density at radius 2 is 1.79 bits per heavy atom. The average Bonchev–Trinajstić information content (AvgIpc) is 3.12. The van der Waals surface area contributed by atoms with Crippen LogP contribution in [0.1, 0.15) is 0 Å². The third kappa shape index (κ3) is 2.84. The Morgan fingerprint density at radius 3 is 2.59 bits per heavy atom. The predicted molar refractivity (Wildman–Crippen MR) is 111 cm³/mol. The van der Waals surface area contributed by atoms with Gasteiger partial charge < -0.3 is 0 Å². The van der Waals surface area contributed by atoms with E-state index in [9.17, 15) is 14.0 Å². The molecule has 0 aliphatic carbocycles. The maximum Gasteiger partial charge on any atom is 0.343 e. The van der Waals surface area contributed by atoms with Gasteiger partial charge in [0, 0.05) is 11.2 Å².